The number of rotatable bonds is 4. The first-order valence-corrected chi connectivity index (χ1v) is 16.8. The largest absolute Gasteiger partial charge is 0.458 e. The lowest BCUT2D eigenvalue weighted by Gasteiger charge is -2.43. The molecule has 0 radical (unpaired) electrons. The van der Waals surface area contributed by atoms with Crippen molar-refractivity contribution in [3.63, 3.8) is 0 Å². The lowest BCUT2D eigenvalue weighted by atomic mass is 9.62. The van der Waals surface area contributed by atoms with Gasteiger partial charge in [-0.1, -0.05) is 39.5 Å². The van der Waals surface area contributed by atoms with Gasteiger partial charge in [0.15, 0.2) is 11.4 Å². The number of ketones is 2. The van der Waals surface area contributed by atoms with Crippen molar-refractivity contribution in [3.8, 4) is 22.5 Å². The summed E-state index contributed by atoms with van der Waals surface area (Å²) in [5.74, 6) is 2.80. The van der Waals surface area contributed by atoms with Crippen molar-refractivity contribution in [3.05, 3.63) is 35.5 Å². The molecule has 9 atom stereocenters. The Morgan fingerprint density at radius 2 is 1.72 bits per heavy atom. The number of cyclic esters (lactones) is 1. The Bertz CT molecular complexity index is 1570. The first kappa shape index (κ1) is 33.9. The molecule has 1 unspecified atom stereocenters. The van der Waals surface area contributed by atoms with Crippen LogP contribution in [0.4, 0.5) is 0 Å². The second-order valence-corrected chi connectivity index (χ2v) is 14.8. The number of hydrogen-bond donors (Lipinski definition) is 1. The van der Waals surface area contributed by atoms with Crippen molar-refractivity contribution in [2.45, 2.75) is 91.1 Å². The van der Waals surface area contributed by atoms with Gasteiger partial charge in [-0.15, -0.1) is 11.3 Å². The highest BCUT2D eigenvalue weighted by Crippen LogP contribution is 2.53. The van der Waals surface area contributed by atoms with E-state index in [9.17, 15) is 19.2 Å². The molecule has 2 aromatic rings. The van der Waals surface area contributed by atoms with Crippen LogP contribution in [-0.4, -0.2) is 70.0 Å². The van der Waals surface area contributed by atoms with E-state index < -0.39 is 64.4 Å². The first-order chi connectivity index (χ1) is 21.7. The Hall–Kier alpha value is -3.46. The molecule has 1 N–H and O–H groups in total. The van der Waals surface area contributed by atoms with Crippen LogP contribution in [0.25, 0.3) is 10.7 Å². The van der Waals surface area contributed by atoms with Crippen molar-refractivity contribution in [1.29, 1.82) is 0 Å². The Balaban J connectivity index is 1.42. The van der Waals surface area contributed by atoms with E-state index in [0.717, 1.165) is 9.75 Å². The minimum absolute atomic E-state index is 0.0298. The quantitative estimate of drug-likeness (QED) is 0.289. The normalized spacial score (nSPS) is 36.7. The predicted octanol–water partition coefficient (Wildman–Crippen LogP) is 4.40. The molecule has 0 saturated carbocycles. The zero-order chi connectivity index (χ0) is 33.4. The number of carbonyl (C=O) groups excluding carboxylic acids is 4. The highest BCUT2D eigenvalue weighted by Gasteiger charge is 2.69. The second-order valence-electron chi connectivity index (χ2n) is 13.7. The maximum atomic E-state index is 14.4. The van der Waals surface area contributed by atoms with E-state index in [4.69, 9.17) is 14.2 Å². The van der Waals surface area contributed by atoms with Crippen LogP contribution in [-0.2, 0) is 33.4 Å². The van der Waals surface area contributed by atoms with Crippen LogP contribution in [0.2, 0.25) is 0 Å². The standard InChI is InChI=1S/C35H43N3O7S/c1-8-25-35(7)28-26(32(42)45-35)38-19-34(28,6)29(40)21(3)18-33(5,17-20(2)27(39)22(4)31(41)44-25)43-16-9-11-23-12-13-24(46-23)30-36-14-10-15-37-30/h10,12-15,20-22,25-26,28,38H,8,16-19H2,1-7H3/t20-,21-,22-,25+,26-,28?,33+,34-,35-/m1/s1. The van der Waals surface area contributed by atoms with E-state index in [1.54, 1.807) is 39.2 Å². The van der Waals surface area contributed by atoms with Crippen molar-refractivity contribution in [2.75, 3.05) is 13.2 Å². The molecule has 2 aromatic heterocycles. The van der Waals surface area contributed by atoms with E-state index in [1.807, 2.05) is 39.8 Å². The Kier molecular flexibility index (Phi) is 9.56. The molecule has 3 fully saturated rings. The lowest BCUT2D eigenvalue weighted by Crippen LogP contribution is -2.56. The molecule has 46 heavy (non-hydrogen) atoms. The summed E-state index contributed by atoms with van der Waals surface area (Å²) >= 11 is 1.48. The van der Waals surface area contributed by atoms with Crippen LogP contribution >= 0.6 is 11.3 Å². The van der Waals surface area contributed by atoms with Crippen LogP contribution < -0.4 is 5.32 Å². The van der Waals surface area contributed by atoms with Gasteiger partial charge in [-0.05, 0) is 58.2 Å². The third-order valence-corrected chi connectivity index (χ3v) is 11.0. The van der Waals surface area contributed by atoms with Gasteiger partial charge in [0, 0.05) is 42.1 Å². The second kappa shape index (κ2) is 13.0. The summed E-state index contributed by atoms with van der Waals surface area (Å²) in [6.07, 6.45) is 3.54. The monoisotopic (exact) mass is 649 g/mol. The third kappa shape index (κ3) is 6.27. The molecule has 3 saturated heterocycles. The topological polar surface area (TPSA) is 134 Å². The summed E-state index contributed by atoms with van der Waals surface area (Å²) in [6, 6.07) is 4.90. The van der Waals surface area contributed by atoms with Gasteiger partial charge < -0.3 is 19.5 Å². The Morgan fingerprint density at radius 1 is 1.02 bits per heavy atom. The summed E-state index contributed by atoms with van der Waals surface area (Å²) in [7, 11) is 0. The molecule has 246 valence electrons. The van der Waals surface area contributed by atoms with Crippen LogP contribution in [0.3, 0.4) is 0 Å². The molecule has 0 amide bonds. The zero-order valence-electron chi connectivity index (χ0n) is 27.5. The van der Waals surface area contributed by atoms with E-state index in [-0.39, 0.29) is 24.6 Å². The molecule has 5 rings (SSSR count). The predicted molar refractivity (Wildman–Crippen MR) is 171 cm³/mol. The van der Waals surface area contributed by atoms with Gasteiger partial charge in [0.1, 0.15) is 36.2 Å². The molecule has 3 aliphatic rings. The van der Waals surface area contributed by atoms with Crippen LogP contribution in [0.15, 0.2) is 30.6 Å². The van der Waals surface area contributed by atoms with Gasteiger partial charge >= 0.3 is 11.9 Å². The number of esters is 2. The minimum atomic E-state index is -1.25. The van der Waals surface area contributed by atoms with Crippen molar-refractivity contribution in [1.82, 2.24) is 15.3 Å². The SMILES string of the molecule is CC[C@@H]1OC(=O)[C@H](C)C(=O)[C@H](C)C[C@](C)(OCC#Cc2ccc(-c3ncccn3)s2)C[C@@H](C)C(=O)[C@]2(C)CN[C@H]3C(=O)O[C@@]1(C)C32. The van der Waals surface area contributed by atoms with Crippen molar-refractivity contribution < 1.29 is 33.4 Å². The van der Waals surface area contributed by atoms with Crippen LogP contribution in [0, 0.1) is 40.9 Å². The van der Waals surface area contributed by atoms with Crippen LogP contribution in [0.5, 0.6) is 0 Å². The van der Waals surface area contributed by atoms with Crippen LogP contribution in [0.1, 0.15) is 72.6 Å². The van der Waals surface area contributed by atoms with Gasteiger partial charge in [-0.25, -0.2) is 9.97 Å². The number of aromatic nitrogens is 2. The fourth-order valence-electron chi connectivity index (χ4n) is 7.88. The van der Waals surface area contributed by atoms with Gasteiger partial charge in [0.05, 0.1) is 15.4 Å². The van der Waals surface area contributed by atoms with E-state index in [0.29, 0.717) is 25.2 Å². The molecule has 3 aliphatic heterocycles. The maximum Gasteiger partial charge on any atom is 0.324 e. The molecule has 0 bridgehead atoms. The molecular weight excluding hydrogens is 606 g/mol. The average molecular weight is 650 g/mol. The molecule has 5 heterocycles. The molecule has 0 spiro atoms. The van der Waals surface area contributed by atoms with Crippen molar-refractivity contribution >= 4 is 34.8 Å². The van der Waals surface area contributed by atoms with E-state index in [2.05, 4.69) is 27.1 Å². The first-order valence-electron chi connectivity index (χ1n) is 16.0. The fourth-order valence-corrected chi connectivity index (χ4v) is 8.71. The van der Waals surface area contributed by atoms with Gasteiger partial charge in [0.2, 0.25) is 0 Å². The lowest BCUT2D eigenvalue weighted by molar-refractivity contribution is -0.186. The number of carbonyl (C=O) groups is 4. The maximum absolute atomic E-state index is 14.4. The number of nitrogens with one attached hydrogen (secondary N) is 1. The van der Waals surface area contributed by atoms with E-state index >= 15 is 0 Å². The smallest absolute Gasteiger partial charge is 0.324 e. The number of hydrogen-bond acceptors (Lipinski definition) is 11. The molecule has 0 aliphatic carbocycles. The summed E-state index contributed by atoms with van der Waals surface area (Å²) in [5, 5.41) is 3.23. The summed E-state index contributed by atoms with van der Waals surface area (Å²) in [6.45, 7) is 12.9. The molecular formula is C35H43N3O7S. The Morgan fingerprint density at radius 3 is 2.41 bits per heavy atom. The number of Topliss-reactive ketones (excluding diaryl/α,β-unsaturated/α-hetero) is 2. The minimum Gasteiger partial charge on any atom is -0.458 e. The van der Waals surface area contributed by atoms with E-state index in [1.165, 1.54) is 11.3 Å². The molecule has 0 aromatic carbocycles. The number of nitrogens with zero attached hydrogens (tertiary/aromatic N) is 2. The zero-order valence-corrected chi connectivity index (χ0v) is 28.4. The molecule has 11 heteroatoms. The Labute approximate surface area is 274 Å². The van der Waals surface area contributed by atoms with Crippen molar-refractivity contribution in [2.24, 2.45) is 29.1 Å². The summed E-state index contributed by atoms with van der Waals surface area (Å²) in [4.78, 5) is 64.7. The summed E-state index contributed by atoms with van der Waals surface area (Å²) in [5.41, 5.74) is -3.13. The van der Waals surface area contributed by atoms with Gasteiger partial charge in [-0.2, -0.15) is 0 Å². The van der Waals surface area contributed by atoms with Gasteiger partial charge in [-0.3, -0.25) is 19.2 Å². The number of thiophene rings is 1. The summed E-state index contributed by atoms with van der Waals surface area (Å²) < 4.78 is 18.3. The molecule has 10 nitrogen and oxygen atoms in total. The average Bonchev–Trinajstić information content (AvgIpc) is 3.72. The highest BCUT2D eigenvalue weighted by atomic mass is 32.1. The highest BCUT2D eigenvalue weighted by molar-refractivity contribution is 7.15. The van der Waals surface area contributed by atoms with Gasteiger partial charge in [0.25, 0.3) is 0 Å². The number of ether oxygens (including phenoxy) is 3. The fraction of sp³-hybridized carbons (Fsp3) is 0.600. The third-order valence-electron chi connectivity index (χ3n) is 10.0.